The van der Waals surface area contributed by atoms with Gasteiger partial charge in [0.25, 0.3) is 11.8 Å². The molecule has 0 bridgehead atoms. The molecule has 2 N–H and O–H groups in total. The van der Waals surface area contributed by atoms with Crippen molar-refractivity contribution in [2.75, 3.05) is 11.9 Å². The molecule has 0 spiro atoms. The molecule has 0 aliphatic carbocycles. The average molecular weight is 515 g/mol. The Morgan fingerprint density at radius 2 is 1.73 bits per heavy atom. The third-order valence-corrected chi connectivity index (χ3v) is 5.77. The molecule has 5 nitrogen and oxygen atoms in total. The highest BCUT2D eigenvalue weighted by Gasteiger charge is 2.35. The molecule has 30 heavy (non-hydrogen) atoms. The maximum atomic E-state index is 14.7. The minimum atomic E-state index is -1.03. The predicted octanol–water partition coefficient (Wildman–Crippen LogP) is 3.84. The van der Waals surface area contributed by atoms with Gasteiger partial charge in [-0.2, -0.15) is 0 Å². The number of anilines is 1. The Kier molecular flexibility index (Phi) is 5.83. The molecule has 0 saturated heterocycles. The van der Waals surface area contributed by atoms with Gasteiger partial charge in [-0.1, -0.05) is 42.5 Å². The number of halogens is 2. The second kappa shape index (κ2) is 8.53. The van der Waals surface area contributed by atoms with E-state index in [2.05, 4.69) is 33.2 Å². The monoisotopic (exact) mass is 515 g/mol. The molecule has 0 radical (unpaired) electrons. The smallest absolute Gasteiger partial charge is 0.264 e. The van der Waals surface area contributed by atoms with Crippen LogP contribution in [0.4, 0.5) is 10.1 Å². The van der Waals surface area contributed by atoms with Gasteiger partial charge in [-0.05, 0) is 58.5 Å². The molecule has 7 heteroatoms. The van der Waals surface area contributed by atoms with Gasteiger partial charge < -0.3 is 10.2 Å². The van der Waals surface area contributed by atoms with Crippen molar-refractivity contribution in [3.63, 3.8) is 0 Å². The lowest BCUT2D eigenvalue weighted by atomic mass is 9.96. The van der Waals surface area contributed by atoms with E-state index >= 15 is 0 Å². The Bertz CT molecular complexity index is 1120. The van der Waals surface area contributed by atoms with Crippen molar-refractivity contribution in [1.82, 2.24) is 10.6 Å². The van der Waals surface area contributed by atoms with Crippen molar-refractivity contribution >= 4 is 40.1 Å². The fourth-order valence-electron chi connectivity index (χ4n) is 3.59. The van der Waals surface area contributed by atoms with Gasteiger partial charge in [-0.25, -0.2) is 4.39 Å². The van der Waals surface area contributed by atoms with Crippen LogP contribution in [0.2, 0.25) is 0 Å². The molecule has 2 unspecified atom stereocenters. The number of likely N-dealkylation sites (N-methyl/N-ethyl adjacent to an activating group) is 1. The first-order valence-electron chi connectivity index (χ1n) is 9.39. The molecule has 0 saturated carbocycles. The number of hydrogen-bond acceptors (Lipinski definition) is 3. The van der Waals surface area contributed by atoms with Crippen molar-refractivity contribution in [1.29, 1.82) is 0 Å². The molecule has 152 valence electrons. The van der Waals surface area contributed by atoms with E-state index in [0.717, 1.165) is 9.13 Å². The van der Waals surface area contributed by atoms with Crippen molar-refractivity contribution < 1.29 is 14.0 Å². The normalized spacial score (nSPS) is 18.5. The van der Waals surface area contributed by atoms with Crippen LogP contribution in [0.3, 0.4) is 0 Å². The molecular formula is C23H19FIN3O2. The Morgan fingerprint density at radius 3 is 2.47 bits per heavy atom. The number of nitrogens with one attached hydrogen (secondary N) is 2. The molecule has 0 fully saturated rings. The summed E-state index contributed by atoms with van der Waals surface area (Å²) in [6.07, 6.45) is -1.03. The van der Waals surface area contributed by atoms with E-state index in [0.29, 0.717) is 16.8 Å². The SMILES string of the molecule is CN1C(=O)C(NC(=O)c2cccc(I)c2)NC(c2ccccc2F)c2ccccc21. The molecule has 0 aromatic heterocycles. The Balaban J connectivity index is 1.74. The standard InChI is InChI=1S/C23H19FIN3O2/c1-28-19-12-5-3-10-17(19)20(16-9-2-4-11-18(16)24)26-21(23(28)30)27-22(29)14-7-6-8-15(25)13-14/h2-13,20-21,26H,1H3,(H,27,29). The predicted molar refractivity (Wildman–Crippen MR) is 122 cm³/mol. The lowest BCUT2D eigenvalue weighted by molar-refractivity contribution is -0.120. The third kappa shape index (κ3) is 3.95. The first-order chi connectivity index (χ1) is 14.5. The summed E-state index contributed by atoms with van der Waals surface area (Å²) < 4.78 is 15.6. The summed E-state index contributed by atoms with van der Waals surface area (Å²) >= 11 is 2.13. The molecule has 4 rings (SSSR count). The number of carbonyl (C=O) groups is 2. The second-order valence-electron chi connectivity index (χ2n) is 6.99. The molecule has 2 amide bonds. The number of para-hydroxylation sites is 1. The average Bonchev–Trinajstić information content (AvgIpc) is 2.85. The molecule has 3 aromatic carbocycles. The zero-order valence-corrected chi connectivity index (χ0v) is 18.3. The van der Waals surface area contributed by atoms with E-state index < -0.39 is 12.2 Å². The number of rotatable bonds is 3. The Morgan fingerprint density at radius 1 is 1.03 bits per heavy atom. The topological polar surface area (TPSA) is 61.4 Å². The number of fused-ring (bicyclic) bond motifs is 1. The van der Waals surface area contributed by atoms with Crippen LogP contribution < -0.4 is 15.5 Å². The molecule has 1 aliphatic rings. The molecule has 3 aromatic rings. The van der Waals surface area contributed by atoms with Gasteiger partial charge in [0.05, 0.1) is 6.04 Å². The van der Waals surface area contributed by atoms with Crippen LogP contribution in [0.25, 0.3) is 0 Å². The van der Waals surface area contributed by atoms with Gasteiger partial charge in [0, 0.05) is 27.4 Å². The fraction of sp³-hybridized carbons (Fsp3) is 0.130. The Labute approximate surface area is 187 Å². The number of nitrogens with zero attached hydrogens (tertiary/aromatic N) is 1. The largest absolute Gasteiger partial charge is 0.328 e. The lowest BCUT2D eigenvalue weighted by Gasteiger charge is -2.24. The summed E-state index contributed by atoms with van der Waals surface area (Å²) in [6, 6.07) is 20.2. The van der Waals surface area contributed by atoms with Crippen LogP contribution in [-0.2, 0) is 4.79 Å². The van der Waals surface area contributed by atoms with Gasteiger partial charge in [0.2, 0.25) is 0 Å². The van der Waals surface area contributed by atoms with E-state index in [9.17, 15) is 14.0 Å². The number of benzene rings is 3. The van der Waals surface area contributed by atoms with Crippen molar-refractivity contribution in [2.24, 2.45) is 0 Å². The minimum Gasteiger partial charge on any atom is -0.328 e. The van der Waals surface area contributed by atoms with Crippen LogP contribution in [0, 0.1) is 9.39 Å². The highest BCUT2D eigenvalue weighted by molar-refractivity contribution is 14.1. The highest BCUT2D eigenvalue weighted by Crippen LogP contribution is 2.34. The maximum absolute atomic E-state index is 14.7. The Hall–Kier alpha value is -2.78. The van der Waals surface area contributed by atoms with Crippen LogP contribution in [0.15, 0.2) is 72.8 Å². The highest BCUT2D eigenvalue weighted by atomic mass is 127. The van der Waals surface area contributed by atoms with E-state index in [1.807, 2.05) is 30.3 Å². The molecular weight excluding hydrogens is 496 g/mol. The quantitative estimate of drug-likeness (QED) is 0.522. The van der Waals surface area contributed by atoms with Gasteiger partial charge in [0.15, 0.2) is 6.17 Å². The zero-order valence-electron chi connectivity index (χ0n) is 16.1. The van der Waals surface area contributed by atoms with Crippen LogP contribution in [0.1, 0.15) is 27.5 Å². The molecule has 1 aliphatic heterocycles. The fourth-order valence-corrected chi connectivity index (χ4v) is 4.13. The van der Waals surface area contributed by atoms with Crippen molar-refractivity contribution in [3.05, 3.63) is 98.9 Å². The summed E-state index contributed by atoms with van der Waals surface area (Å²) in [5, 5.41) is 5.93. The first kappa shape index (κ1) is 20.5. The van der Waals surface area contributed by atoms with Crippen LogP contribution in [-0.4, -0.2) is 25.0 Å². The number of amides is 2. The first-order valence-corrected chi connectivity index (χ1v) is 10.5. The summed E-state index contributed by atoms with van der Waals surface area (Å²) in [7, 11) is 1.65. The van der Waals surface area contributed by atoms with E-state index in [4.69, 9.17) is 0 Å². The van der Waals surface area contributed by atoms with Gasteiger partial charge in [0.1, 0.15) is 5.82 Å². The van der Waals surface area contributed by atoms with Crippen molar-refractivity contribution in [3.8, 4) is 0 Å². The molecule has 2 atom stereocenters. The van der Waals surface area contributed by atoms with E-state index in [1.54, 1.807) is 43.4 Å². The summed E-state index contributed by atoms with van der Waals surface area (Å²) in [6.45, 7) is 0. The van der Waals surface area contributed by atoms with Crippen LogP contribution in [0.5, 0.6) is 0 Å². The zero-order chi connectivity index (χ0) is 21.3. The van der Waals surface area contributed by atoms with Crippen LogP contribution >= 0.6 is 22.6 Å². The van der Waals surface area contributed by atoms with E-state index in [1.165, 1.54) is 11.0 Å². The lowest BCUT2D eigenvalue weighted by Crippen LogP contribution is -2.54. The second-order valence-corrected chi connectivity index (χ2v) is 8.24. The van der Waals surface area contributed by atoms with Crippen molar-refractivity contribution in [2.45, 2.75) is 12.2 Å². The van der Waals surface area contributed by atoms with E-state index in [-0.39, 0.29) is 17.6 Å². The summed E-state index contributed by atoms with van der Waals surface area (Å²) in [5.41, 5.74) is 2.27. The number of carbonyl (C=O) groups excluding carboxylic acids is 2. The van der Waals surface area contributed by atoms with Gasteiger partial charge in [-0.15, -0.1) is 0 Å². The third-order valence-electron chi connectivity index (χ3n) is 5.10. The summed E-state index contributed by atoms with van der Waals surface area (Å²) in [4.78, 5) is 27.5. The van der Waals surface area contributed by atoms with Gasteiger partial charge in [-0.3, -0.25) is 14.9 Å². The minimum absolute atomic E-state index is 0.333. The summed E-state index contributed by atoms with van der Waals surface area (Å²) in [5.74, 6) is -1.10. The molecule has 1 heterocycles. The van der Waals surface area contributed by atoms with Gasteiger partial charge >= 0.3 is 0 Å². The number of hydrogen-bond donors (Lipinski definition) is 2. The maximum Gasteiger partial charge on any atom is 0.264 e.